The van der Waals surface area contributed by atoms with E-state index in [0.29, 0.717) is 12.0 Å². The van der Waals surface area contributed by atoms with Crippen LogP contribution in [0.25, 0.3) is 0 Å². The largest absolute Gasteiger partial charge is 0.508 e. The Bertz CT molecular complexity index is 321. The van der Waals surface area contributed by atoms with Gasteiger partial charge in [0.2, 0.25) is 0 Å². The van der Waals surface area contributed by atoms with E-state index in [1.807, 2.05) is 12.3 Å². The molecule has 0 spiro atoms. The Labute approximate surface area is 82.0 Å². The summed E-state index contributed by atoms with van der Waals surface area (Å²) in [6, 6.07) is 5.38. The maximum atomic E-state index is 10.8. The first kappa shape index (κ1) is 10.1. The van der Waals surface area contributed by atoms with Crippen LogP contribution in [0.1, 0.15) is 12.5 Å². The topological polar surface area (TPSA) is 37.3 Å². The van der Waals surface area contributed by atoms with Crippen molar-refractivity contribution in [3.63, 3.8) is 0 Å². The highest BCUT2D eigenvalue weighted by Gasteiger charge is 2.04. The predicted molar refractivity (Wildman–Crippen MR) is 54.3 cm³/mol. The second-order valence-electron chi connectivity index (χ2n) is 2.87. The SMILES string of the molecule is CSc1ccc(CC(C)=O)c(O)c1. The van der Waals surface area contributed by atoms with E-state index in [2.05, 4.69) is 0 Å². The van der Waals surface area contributed by atoms with Gasteiger partial charge in [0.1, 0.15) is 11.5 Å². The van der Waals surface area contributed by atoms with Crippen LogP contribution in [-0.2, 0) is 11.2 Å². The van der Waals surface area contributed by atoms with E-state index in [1.54, 1.807) is 23.9 Å². The molecule has 70 valence electrons. The van der Waals surface area contributed by atoms with Crippen LogP contribution in [0, 0.1) is 0 Å². The lowest BCUT2D eigenvalue weighted by Gasteiger charge is -2.03. The molecule has 0 atom stereocenters. The Hall–Kier alpha value is -0.960. The molecule has 0 unspecified atom stereocenters. The quantitative estimate of drug-likeness (QED) is 0.753. The Kier molecular flexibility index (Phi) is 3.37. The molecule has 13 heavy (non-hydrogen) atoms. The molecule has 3 heteroatoms. The summed E-state index contributed by atoms with van der Waals surface area (Å²) < 4.78 is 0. The Morgan fingerprint density at radius 1 is 1.54 bits per heavy atom. The normalized spacial score (nSPS) is 10.0. The van der Waals surface area contributed by atoms with Crippen LogP contribution in [0.2, 0.25) is 0 Å². The van der Waals surface area contributed by atoms with Crippen LogP contribution >= 0.6 is 11.8 Å². The summed E-state index contributed by atoms with van der Waals surface area (Å²) in [5.74, 6) is 0.272. The van der Waals surface area contributed by atoms with Crippen LogP contribution in [0.3, 0.4) is 0 Å². The van der Waals surface area contributed by atoms with Gasteiger partial charge in [0, 0.05) is 16.9 Å². The Balaban J connectivity index is 2.91. The molecule has 0 amide bonds. The minimum absolute atomic E-state index is 0.0622. The summed E-state index contributed by atoms with van der Waals surface area (Å²) in [6.07, 6.45) is 2.25. The van der Waals surface area contributed by atoms with E-state index in [0.717, 1.165) is 4.90 Å². The van der Waals surface area contributed by atoms with E-state index in [9.17, 15) is 9.90 Å². The molecular weight excluding hydrogens is 184 g/mol. The molecular formula is C10H12O2S. The van der Waals surface area contributed by atoms with Crippen LogP contribution < -0.4 is 0 Å². The van der Waals surface area contributed by atoms with Gasteiger partial charge in [0.15, 0.2) is 0 Å². The van der Waals surface area contributed by atoms with Gasteiger partial charge in [-0.3, -0.25) is 4.79 Å². The molecule has 1 N–H and O–H groups in total. The van der Waals surface area contributed by atoms with Crippen molar-refractivity contribution in [2.45, 2.75) is 18.2 Å². The van der Waals surface area contributed by atoms with Crippen LogP contribution in [0.5, 0.6) is 5.75 Å². The van der Waals surface area contributed by atoms with Gasteiger partial charge < -0.3 is 5.11 Å². The number of thioether (sulfide) groups is 1. The van der Waals surface area contributed by atoms with Crippen molar-refractivity contribution in [3.05, 3.63) is 23.8 Å². The molecule has 1 aromatic rings. The highest BCUT2D eigenvalue weighted by molar-refractivity contribution is 7.98. The number of rotatable bonds is 3. The fraction of sp³-hybridized carbons (Fsp3) is 0.300. The van der Waals surface area contributed by atoms with Crippen molar-refractivity contribution in [2.24, 2.45) is 0 Å². The van der Waals surface area contributed by atoms with Crippen LogP contribution in [0.4, 0.5) is 0 Å². The smallest absolute Gasteiger partial charge is 0.134 e. The molecule has 0 aliphatic heterocycles. The summed E-state index contributed by atoms with van der Waals surface area (Å²) in [5.41, 5.74) is 0.699. The fourth-order valence-corrected chi connectivity index (χ4v) is 1.52. The number of aromatic hydroxyl groups is 1. The molecule has 0 saturated heterocycles. The van der Waals surface area contributed by atoms with Crippen molar-refractivity contribution in [1.29, 1.82) is 0 Å². The Morgan fingerprint density at radius 2 is 2.23 bits per heavy atom. The van der Waals surface area contributed by atoms with E-state index >= 15 is 0 Å². The molecule has 0 aromatic heterocycles. The number of phenols is 1. The van der Waals surface area contributed by atoms with E-state index < -0.39 is 0 Å². The maximum absolute atomic E-state index is 10.8. The number of carbonyl (C=O) groups excluding carboxylic acids is 1. The molecule has 0 saturated carbocycles. The maximum Gasteiger partial charge on any atom is 0.134 e. The molecule has 1 rings (SSSR count). The fourth-order valence-electron chi connectivity index (χ4n) is 1.09. The first-order valence-electron chi connectivity index (χ1n) is 3.99. The van der Waals surface area contributed by atoms with Gasteiger partial charge in [-0.2, -0.15) is 0 Å². The van der Waals surface area contributed by atoms with Crippen molar-refractivity contribution in [2.75, 3.05) is 6.26 Å². The first-order valence-corrected chi connectivity index (χ1v) is 5.21. The second kappa shape index (κ2) is 4.33. The van der Waals surface area contributed by atoms with Gasteiger partial charge in [-0.15, -0.1) is 11.8 Å². The zero-order valence-corrected chi connectivity index (χ0v) is 8.52. The van der Waals surface area contributed by atoms with E-state index in [-0.39, 0.29) is 11.5 Å². The number of ketones is 1. The summed E-state index contributed by atoms with van der Waals surface area (Å²) in [4.78, 5) is 11.8. The predicted octanol–water partition coefficient (Wildman–Crippen LogP) is 2.25. The lowest BCUT2D eigenvalue weighted by molar-refractivity contribution is -0.116. The Morgan fingerprint density at radius 3 is 2.69 bits per heavy atom. The van der Waals surface area contributed by atoms with Crippen molar-refractivity contribution < 1.29 is 9.90 Å². The van der Waals surface area contributed by atoms with Crippen molar-refractivity contribution in [3.8, 4) is 5.75 Å². The number of hydrogen-bond acceptors (Lipinski definition) is 3. The molecule has 2 nitrogen and oxygen atoms in total. The zero-order valence-electron chi connectivity index (χ0n) is 7.70. The number of Topliss-reactive ketones (excluding diaryl/α,β-unsaturated/α-hetero) is 1. The first-order chi connectivity index (χ1) is 6.13. The number of hydrogen-bond donors (Lipinski definition) is 1. The average Bonchev–Trinajstić information content (AvgIpc) is 2.08. The standard InChI is InChI=1S/C10H12O2S/c1-7(11)5-8-3-4-9(13-2)6-10(8)12/h3-4,6,12H,5H2,1-2H3. The molecule has 0 aliphatic carbocycles. The molecule has 0 bridgehead atoms. The minimum atomic E-state index is 0.0622. The van der Waals surface area contributed by atoms with E-state index in [4.69, 9.17) is 0 Å². The second-order valence-corrected chi connectivity index (χ2v) is 3.75. The third-order valence-corrected chi connectivity index (χ3v) is 2.46. The molecule has 0 radical (unpaired) electrons. The molecule has 0 aliphatic rings. The number of benzene rings is 1. The van der Waals surface area contributed by atoms with Crippen LogP contribution in [0.15, 0.2) is 23.1 Å². The molecule has 0 fully saturated rings. The van der Waals surface area contributed by atoms with E-state index in [1.165, 1.54) is 6.92 Å². The van der Waals surface area contributed by atoms with Crippen molar-refractivity contribution >= 4 is 17.5 Å². The van der Waals surface area contributed by atoms with Gasteiger partial charge in [0.05, 0.1) is 0 Å². The van der Waals surface area contributed by atoms with Gasteiger partial charge in [-0.1, -0.05) is 6.07 Å². The van der Waals surface area contributed by atoms with Gasteiger partial charge in [0.25, 0.3) is 0 Å². The zero-order chi connectivity index (χ0) is 9.84. The van der Waals surface area contributed by atoms with Gasteiger partial charge in [-0.05, 0) is 25.3 Å². The summed E-state index contributed by atoms with van der Waals surface area (Å²) in [7, 11) is 0. The van der Waals surface area contributed by atoms with Crippen LogP contribution in [-0.4, -0.2) is 17.1 Å². The number of phenolic OH excluding ortho intramolecular Hbond substituents is 1. The summed E-state index contributed by atoms with van der Waals surface area (Å²) >= 11 is 1.57. The minimum Gasteiger partial charge on any atom is -0.508 e. The highest BCUT2D eigenvalue weighted by Crippen LogP contribution is 2.24. The monoisotopic (exact) mass is 196 g/mol. The third kappa shape index (κ3) is 2.77. The third-order valence-electron chi connectivity index (χ3n) is 1.73. The highest BCUT2D eigenvalue weighted by atomic mass is 32.2. The van der Waals surface area contributed by atoms with Gasteiger partial charge >= 0.3 is 0 Å². The van der Waals surface area contributed by atoms with Crippen molar-refractivity contribution in [1.82, 2.24) is 0 Å². The summed E-state index contributed by atoms with van der Waals surface area (Å²) in [5, 5.41) is 9.51. The summed E-state index contributed by atoms with van der Waals surface area (Å²) in [6.45, 7) is 1.52. The molecule has 0 heterocycles. The lowest BCUT2D eigenvalue weighted by atomic mass is 10.1. The van der Waals surface area contributed by atoms with Gasteiger partial charge in [-0.25, -0.2) is 0 Å². The number of carbonyl (C=O) groups is 1. The lowest BCUT2D eigenvalue weighted by Crippen LogP contribution is -1.96. The molecule has 1 aromatic carbocycles. The average molecular weight is 196 g/mol.